The van der Waals surface area contributed by atoms with E-state index in [1.165, 1.54) is 17.5 Å². The summed E-state index contributed by atoms with van der Waals surface area (Å²) in [6, 6.07) is 28.9. The fourth-order valence-electron chi connectivity index (χ4n) is 4.72. The fraction of sp³-hybridized carbons (Fsp3) is 0.367. The molecule has 0 saturated carbocycles. The summed E-state index contributed by atoms with van der Waals surface area (Å²) in [5.74, 6) is 0.151. The molecule has 1 amide bonds. The summed E-state index contributed by atoms with van der Waals surface area (Å²) in [7, 11) is 0. The lowest BCUT2D eigenvalue weighted by Gasteiger charge is -2.34. The van der Waals surface area contributed by atoms with E-state index in [1.807, 2.05) is 36.4 Å². The third-order valence-corrected chi connectivity index (χ3v) is 6.66. The Hall–Kier alpha value is -3.07. The molecule has 0 aliphatic carbocycles. The number of amides is 1. The highest BCUT2D eigenvalue weighted by molar-refractivity contribution is 5.86. The second kappa shape index (κ2) is 10.2. The van der Waals surface area contributed by atoms with E-state index in [0.29, 0.717) is 0 Å². The highest BCUT2D eigenvalue weighted by atomic mass is 16.2. The van der Waals surface area contributed by atoms with E-state index < -0.39 is 6.04 Å². The summed E-state index contributed by atoms with van der Waals surface area (Å²) in [5, 5.41) is 3.55. The number of para-hydroxylation sites is 1. The van der Waals surface area contributed by atoms with E-state index in [-0.39, 0.29) is 17.4 Å². The van der Waals surface area contributed by atoms with Crippen LogP contribution in [-0.4, -0.2) is 17.4 Å². The lowest BCUT2D eigenvalue weighted by atomic mass is 9.86. The standard InChI is InChI=1S/C30H36N2O/c1-30(2,3)25-20-18-24(19-21-25)28(31-26-15-9-5-10-16-26)29(33)32-22-12-6-11-17-27(32)23-13-7-4-8-14-23/h4-5,7-10,13-16,18-21,27-28,31H,6,11-12,17,22H2,1-3H3. The SMILES string of the molecule is CC(C)(C)c1ccc(C(Nc2ccccc2)C(=O)N2CCCCCC2c2ccccc2)cc1. The van der Waals surface area contributed by atoms with Crippen LogP contribution in [0.25, 0.3) is 0 Å². The minimum Gasteiger partial charge on any atom is -0.370 e. The number of carbonyl (C=O) groups is 1. The average Bonchev–Trinajstić information content (AvgIpc) is 3.09. The van der Waals surface area contributed by atoms with Crippen LogP contribution in [0.1, 0.15) is 75.2 Å². The first-order chi connectivity index (χ1) is 15.9. The van der Waals surface area contributed by atoms with Gasteiger partial charge in [0, 0.05) is 12.2 Å². The number of carbonyl (C=O) groups excluding carboxylic acids is 1. The minimum absolute atomic E-state index is 0.0775. The fourth-order valence-corrected chi connectivity index (χ4v) is 4.72. The number of rotatable bonds is 5. The molecule has 1 aliphatic rings. The van der Waals surface area contributed by atoms with Crippen molar-refractivity contribution in [1.29, 1.82) is 0 Å². The van der Waals surface area contributed by atoms with Crippen LogP contribution >= 0.6 is 0 Å². The van der Waals surface area contributed by atoms with Gasteiger partial charge in [0.05, 0.1) is 6.04 Å². The molecule has 2 atom stereocenters. The van der Waals surface area contributed by atoms with Gasteiger partial charge in [0.25, 0.3) is 0 Å². The Kier molecular flexibility index (Phi) is 7.17. The first-order valence-electron chi connectivity index (χ1n) is 12.2. The number of nitrogens with one attached hydrogen (secondary N) is 1. The molecule has 0 spiro atoms. The summed E-state index contributed by atoms with van der Waals surface area (Å²) in [4.78, 5) is 16.3. The Balaban J connectivity index is 1.69. The van der Waals surface area contributed by atoms with E-state index in [9.17, 15) is 4.79 Å². The number of nitrogens with zero attached hydrogens (tertiary/aromatic N) is 1. The molecule has 0 radical (unpaired) electrons. The van der Waals surface area contributed by atoms with Crippen molar-refractivity contribution in [2.45, 2.75) is 64.0 Å². The van der Waals surface area contributed by atoms with Crippen molar-refractivity contribution >= 4 is 11.6 Å². The quantitative estimate of drug-likeness (QED) is 0.452. The van der Waals surface area contributed by atoms with E-state index >= 15 is 0 Å². The van der Waals surface area contributed by atoms with Crippen LogP contribution in [0.3, 0.4) is 0 Å². The van der Waals surface area contributed by atoms with Gasteiger partial charge < -0.3 is 10.2 Å². The number of hydrogen-bond donors (Lipinski definition) is 1. The molecule has 3 aromatic rings. The second-order valence-electron chi connectivity index (χ2n) is 10.1. The maximum atomic E-state index is 14.2. The minimum atomic E-state index is -0.425. The van der Waals surface area contributed by atoms with Crippen LogP contribution in [0.5, 0.6) is 0 Å². The van der Waals surface area contributed by atoms with E-state index in [4.69, 9.17) is 0 Å². The largest absolute Gasteiger partial charge is 0.370 e. The molecule has 0 aromatic heterocycles. The molecular weight excluding hydrogens is 404 g/mol. The third kappa shape index (κ3) is 5.65. The predicted molar refractivity (Wildman–Crippen MR) is 137 cm³/mol. The zero-order valence-corrected chi connectivity index (χ0v) is 20.1. The van der Waals surface area contributed by atoms with Crippen molar-refractivity contribution in [3.05, 3.63) is 102 Å². The molecule has 3 heteroatoms. The van der Waals surface area contributed by atoms with Gasteiger partial charge in [-0.25, -0.2) is 0 Å². The molecule has 33 heavy (non-hydrogen) atoms. The summed E-state index contributed by atoms with van der Waals surface area (Å²) in [5.41, 5.74) is 4.55. The molecule has 3 nitrogen and oxygen atoms in total. The van der Waals surface area contributed by atoms with Crippen LogP contribution in [0.15, 0.2) is 84.9 Å². The maximum Gasteiger partial charge on any atom is 0.250 e. The van der Waals surface area contributed by atoms with Crippen molar-refractivity contribution in [3.8, 4) is 0 Å². The zero-order chi connectivity index (χ0) is 23.3. The van der Waals surface area contributed by atoms with Gasteiger partial charge in [0.1, 0.15) is 6.04 Å². The van der Waals surface area contributed by atoms with Crippen molar-refractivity contribution in [2.24, 2.45) is 0 Å². The number of anilines is 1. The molecule has 2 unspecified atom stereocenters. The van der Waals surface area contributed by atoms with Crippen LogP contribution < -0.4 is 5.32 Å². The zero-order valence-electron chi connectivity index (χ0n) is 20.1. The molecule has 4 rings (SSSR count). The van der Waals surface area contributed by atoms with E-state index in [1.54, 1.807) is 0 Å². The van der Waals surface area contributed by atoms with Crippen molar-refractivity contribution < 1.29 is 4.79 Å². The Labute approximate surface area is 198 Å². The third-order valence-electron chi connectivity index (χ3n) is 6.66. The predicted octanol–water partition coefficient (Wildman–Crippen LogP) is 7.28. The number of hydrogen-bond acceptors (Lipinski definition) is 2. The first kappa shape index (κ1) is 23.1. The van der Waals surface area contributed by atoms with Gasteiger partial charge in [-0.15, -0.1) is 0 Å². The van der Waals surface area contributed by atoms with Crippen molar-refractivity contribution in [2.75, 3.05) is 11.9 Å². The molecule has 3 aromatic carbocycles. The van der Waals surface area contributed by atoms with Gasteiger partial charge in [-0.2, -0.15) is 0 Å². The molecular formula is C30H36N2O. The Morgan fingerprint density at radius 2 is 1.48 bits per heavy atom. The van der Waals surface area contributed by atoms with E-state index in [0.717, 1.165) is 37.1 Å². The smallest absolute Gasteiger partial charge is 0.250 e. The monoisotopic (exact) mass is 440 g/mol. The second-order valence-corrected chi connectivity index (χ2v) is 10.1. The Morgan fingerprint density at radius 3 is 2.12 bits per heavy atom. The topological polar surface area (TPSA) is 32.3 Å². The summed E-state index contributed by atoms with van der Waals surface area (Å²) < 4.78 is 0. The summed E-state index contributed by atoms with van der Waals surface area (Å²) in [6.07, 6.45) is 4.39. The molecule has 172 valence electrons. The molecule has 0 bridgehead atoms. The highest BCUT2D eigenvalue weighted by Gasteiger charge is 2.32. The Morgan fingerprint density at radius 1 is 0.848 bits per heavy atom. The van der Waals surface area contributed by atoms with Crippen LogP contribution in [0.2, 0.25) is 0 Å². The van der Waals surface area contributed by atoms with Crippen molar-refractivity contribution in [1.82, 2.24) is 4.90 Å². The molecule has 1 fully saturated rings. The van der Waals surface area contributed by atoms with Crippen LogP contribution in [0, 0.1) is 0 Å². The van der Waals surface area contributed by atoms with Crippen LogP contribution in [0.4, 0.5) is 5.69 Å². The number of benzene rings is 3. The lowest BCUT2D eigenvalue weighted by Crippen LogP contribution is -2.40. The van der Waals surface area contributed by atoms with Gasteiger partial charge >= 0.3 is 0 Å². The summed E-state index contributed by atoms with van der Waals surface area (Å²) >= 11 is 0. The van der Waals surface area contributed by atoms with Gasteiger partial charge in [0.2, 0.25) is 5.91 Å². The normalized spacial score (nSPS) is 17.8. The Bertz CT molecular complexity index is 1020. The van der Waals surface area contributed by atoms with E-state index in [2.05, 4.69) is 79.5 Å². The molecule has 1 saturated heterocycles. The highest BCUT2D eigenvalue weighted by Crippen LogP contribution is 2.34. The summed E-state index contributed by atoms with van der Waals surface area (Å²) in [6.45, 7) is 7.45. The first-order valence-corrected chi connectivity index (χ1v) is 12.2. The van der Waals surface area contributed by atoms with Gasteiger partial charge in [-0.1, -0.05) is 106 Å². The van der Waals surface area contributed by atoms with Crippen molar-refractivity contribution in [3.63, 3.8) is 0 Å². The molecule has 1 heterocycles. The lowest BCUT2D eigenvalue weighted by molar-refractivity contribution is -0.134. The van der Waals surface area contributed by atoms with Gasteiger partial charge in [-0.05, 0) is 47.1 Å². The van der Waals surface area contributed by atoms with Gasteiger partial charge in [0.15, 0.2) is 0 Å². The maximum absolute atomic E-state index is 14.2. The number of likely N-dealkylation sites (tertiary alicyclic amines) is 1. The molecule has 1 aliphatic heterocycles. The average molecular weight is 441 g/mol. The van der Waals surface area contributed by atoms with Gasteiger partial charge in [-0.3, -0.25) is 4.79 Å². The van der Waals surface area contributed by atoms with Crippen LogP contribution in [-0.2, 0) is 10.2 Å². The molecule has 1 N–H and O–H groups in total.